The summed E-state index contributed by atoms with van der Waals surface area (Å²) >= 11 is 0. The molecule has 0 amide bonds. The molecule has 1 aliphatic heterocycles. The molecule has 1 saturated carbocycles. The number of hydrogen-bond acceptors (Lipinski definition) is 4. The van der Waals surface area contributed by atoms with Gasteiger partial charge in [-0.25, -0.2) is 0 Å². The zero-order valence-electron chi connectivity index (χ0n) is 15.2. The Balaban J connectivity index is 1.37. The lowest BCUT2D eigenvalue weighted by molar-refractivity contribution is -0.160. The van der Waals surface area contributed by atoms with E-state index >= 15 is 0 Å². The van der Waals surface area contributed by atoms with E-state index in [-0.39, 0.29) is 23.7 Å². The lowest BCUT2D eigenvalue weighted by Crippen LogP contribution is -2.45. The highest BCUT2D eigenvalue weighted by molar-refractivity contribution is 7.86. The van der Waals surface area contributed by atoms with Crippen LogP contribution in [0, 0.1) is 6.92 Å². The van der Waals surface area contributed by atoms with Crippen molar-refractivity contribution < 1.29 is 25.9 Å². The Morgan fingerprint density at radius 2 is 1.57 bits per heavy atom. The molecule has 0 radical (unpaired) electrons. The molecule has 8 heteroatoms. The molecule has 1 saturated heterocycles. The summed E-state index contributed by atoms with van der Waals surface area (Å²) in [6.45, 7) is 2.60. The molecule has 1 aliphatic carbocycles. The van der Waals surface area contributed by atoms with Crippen molar-refractivity contribution in [2.24, 2.45) is 0 Å². The van der Waals surface area contributed by atoms with Crippen molar-refractivity contribution in [1.29, 1.82) is 0 Å². The molecular weight excluding hydrogens is 391 g/mol. The number of alkyl halides is 3. The number of hydroxylamine groups is 2. The molecule has 28 heavy (non-hydrogen) atoms. The lowest BCUT2D eigenvalue weighted by Gasteiger charge is -2.37. The van der Waals surface area contributed by atoms with E-state index in [4.69, 9.17) is 4.28 Å². The minimum Gasteiger partial charge on any atom is -0.192 e. The van der Waals surface area contributed by atoms with Crippen molar-refractivity contribution in [3.8, 4) is 0 Å². The van der Waals surface area contributed by atoms with E-state index in [0.717, 1.165) is 11.1 Å². The third kappa shape index (κ3) is 3.44. The fraction of sp³-hybridized carbons (Fsp3) is 0.400. The second-order valence-corrected chi connectivity index (χ2v) is 9.12. The van der Waals surface area contributed by atoms with Crippen molar-refractivity contribution in [3.05, 3.63) is 65.2 Å². The number of nitrogens with zero attached hydrogens (tertiary/aromatic N) is 1. The maximum atomic E-state index is 13.2. The van der Waals surface area contributed by atoms with Crippen LogP contribution in [-0.2, 0) is 19.8 Å². The minimum atomic E-state index is -4.22. The number of aryl methyl sites for hydroxylation is 1. The molecule has 2 fully saturated rings. The van der Waals surface area contributed by atoms with Gasteiger partial charge >= 0.3 is 16.3 Å². The van der Waals surface area contributed by atoms with Crippen LogP contribution in [0.2, 0.25) is 0 Å². The van der Waals surface area contributed by atoms with E-state index in [1.165, 1.54) is 17.2 Å². The average molecular weight is 411 g/mol. The van der Waals surface area contributed by atoms with Crippen LogP contribution < -0.4 is 0 Å². The summed E-state index contributed by atoms with van der Waals surface area (Å²) in [6, 6.07) is 12.9. The molecule has 1 heterocycles. The van der Waals surface area contributed by atoms with E-state index in [1.54, 1.807) is 36.4 Å². The zero-order valence-corrected chi connectivity index (χ0v) is 16.1. The second-order valence-electron chi connectivity index (χ2n) is 7.59. The van der Waals surface area contributed by atoms with Gasteiger partial charge in [-0.15, -0.1) is 0 Å². The van der Waals surface area contributed by atoms with Gasteiger partial charge in [0.25, 0.3) is 0 Å². The van der Waals surface area contributed by atoms with Gasteiger partial charge in [0.2, 0.25) is 0 Å². The smallest absolute Gasteiger partial charge is 0.192 e. The van der Waals surface area contributed by atoms with E-state index in [0.29, 0.717) is 18.7 Å². The summed E-state index contributed by atoms with van der Waals surface area (Å²) in [5.41, 5.74) is 0.458. The SMILES string of the molecule is Cc1ccc(S(=O)(=O)ON2CC(c3ccc(C4(C(F)(F)F)CC4)cc3)C2)cc1. The van der Waals surface area contributed by atoms with Gasteiger partial charge in [0, 0.05) is 19.0 Å². The first kappa shape index (κ1) is 19.4. The molecule has 0 bridgehead atoms. The number of rotatable bonds is 5. The van der Waals surface area contributed by atoms with Gasteiger partial charge in [0.05, 0.1) is 10.3 Å². The highest BCUT2D eigenvalue weighted by Gasteiger charge is 2.64. The summed E-state index contributed by atoms with van der Waals surface area (Å²) in [4.78, 5) is 0.0905. The normalized spacial score (nSPS) is 20.0. The molecule has 0 N–H and O–H groups in total. The van der Waals surface area contributed by atoms with Crippen LogP contribution in [0.15, 0.2) is 53.4 Å². The number of hydrogen-bond donors (Lipinski definition) is 0. The van der Waals surface area contributed by atoms with Gasteiger partial charge in [0.15, 0.2) is 0 Å². The summed E-state index contributed by atoms with van der Waals surface area (Å²) < 4.78 is 69.3. The summed E-state index contributed by atoms with van der Waals surface area (Å²) in [5.74, 6) is 0.0308. The first-order valence-electron chi connectivity index (χ1n) is 9.04. The molecule has 0 atom stereocenters. The third-order valence-corrected chi connectivity index (χ3v) is 6.85. The van der Waals surface area contributed by atoms with Gasteiger partial charge in [-0.1, -0.05) is 42.0 Å². The Kier molecular flexibility index (Phi) is 4.56. The minimum absolute atomic E-state index is 0.0308. The first-order chi connectivity index (χ1) is 13.1. The van der Waals surface area contributed by atoms with E-state index in [9.17, 15) is 21.6 Å². The van der Waals surface area contributed by atoms with Crippen molar-refractivity contribution >= 4 is 10.1 Å². The van der Waals surface area contributed by atoms with Crippen molar-refractivity contribution in [2.45, 2.75) is 42.2 Å². The van der Waals surface area contributed by atoms with Crippen molar-refractivity contribution in [3.63, 3.8) is 0 Å². The maximum Gasteiger partial charge on any atom is 0.398 e. The summed E-state index contributed by atoms with van der Waals surface area (Å²) in [5, 5.41) is 1.35. The highest BCUT2D eigenvalue weighted by Crippen LogP contribution is 2.58. The fourth-order valence-electron chi connectivity index (χ4n) is 3.53. The van der Waals surface area contributed by atoms with Gasteiger partial charge in [-0.05, 0) is 43.0 Å². The van der Waals surface area contributed by atoms with Crippen molar-refractivity contribution in [1.82, 2.24) is 5.06 Å². The lowest BCUT2D eigenvalue weighted by atomic mass is 9.89. The van der Waals surface area contributed by atoms with E-state index < -0.39 is 21.7 Å². The largest absolute Gasteiger partial charge is 0.398 e. The standard InChI is InChI=1S/C20H20F3NO3S/c1-14-2-8-18(9-3-14)28(25,26)27-24-12-16(13-24)15-4-6-17(7-5-15)19(10-11-19)20(21,22)23/h2-9,16H,10-13H2,1H3. The van der Waals surface area contributed by atoms with Crippen LogP contribution in [-0.4, -0.2) is 32.7 Å². The van der Waals surface area contributed by atoms with Crippen LogP contribution >= 0.6 is 0 Å². The molecule has 2 aromatic carbocycles. The Morgan fingerprint density at radius 3 is 2.07 bits per heavy atom. The van der Waals surface area contributed by atoms with E-state index in [2.05, 4.69) is 0 Å². The molecule has 2 aromatic rings. The topological polar surface area (TPSA) is 46.6 Å². The van der Waals surface area contributed by atoms with Gasteiger partial charge < -0.3 is 0 Å². The van der Waals surface area contributed by atoms with Crippen molar-refractivity contribution in [2.75, 3.05) is 13.1 Å². The highest BCUT2D eigenvalue weighted by atomic mass is 32.2. The fourth-order valence-corrected chi connectivity index (χ4v) is 4.49. The predicted molar refractivity (Wildman–Crippen MR) is 97.2 cm³/mol. The molecule has 150 valence electrons. The Labute approximate surface area is 162 Å². The zero-order chi connectivity index (χ0) is 20.2. The Hall–Kier alpha value is -1.90. The first-order valence-corrected chi connectivity index (χ1v) is 10.4. The quantitative estimate of drug-likeness (QED) is 0.736. The Bertz CT molecular complexity index is 959. The second kappa shape index (κ2) is 6.57. The van der Waals surface area contributed by atoms with Gasteiger partial charge in [0.1, 0.15) is 0 Å². The number of benzene rings is 2. The van der Waals surface area contributed by atoms with Crippen LogP contribution in [0.1, 0.15) is 35.4 Å². The Morgan fingerprint density at radius 1 is 1.00 bits per heavy atom. The molecule has 0 unspecified atom stereocenters. The van der Waals surface area contributed by atoms with Crippen LogP contribution in [0.3, 0.4) is 0 Å². The molecular formula is C20H20F3NO3S. The van der Waals surface area contributed by atoms with Gasteiger partial charge in [-0.2, -0.15) is 30.9 Å². The average Bonchev–Trinajstić information content (AvgIpc) is 3.40. The monoisotopic (exact) mass is 411 g/mol. The summed E-state index contributed by atoms with van der Waals surface area (Å²) in [6.07, 6.45) is -3.95. The van der Waals surface area contributed by atoms with Gasteiger partial charge in [-0.3, -0.25) is 0 Å². The number of halogens is 3. The van der Waals surface area contributed by atoms with E-state index in [1.807, 2.05) is 6.92 Å². The van der Waals surface area contributed by atoms with Crippen LogP contribution in [0.4, 0.5) is 13.2 Å². The summed E-state index contributed by atoms with van der Waals surface area (Å²) in [7, 11) is -3.88. The molecule has 0 spiro atoms. The molecule has 4 rings (SSSR count). The molecule has 4 nitrogen and oxygen atoms in total. The molecule has 0 aromatic heterocycles. The molecule has 2 aliphatic rings. The third-order valence-electron chi connectivity index (χ3n) is 5.59. The van der Waals surface area contributed by atoms with Crippen LogP contribution in [0.5, 0.6) is 0 Å². The maximum absolute atomic E-state index is 13.2. The van der Waals surface area contributed by atoms with Crippen LogP contribution in [0.25, 0.3) is 0 Å². The predicted octanol–water partition coefficient (Wildman–Crippen LogP) is 4.31.